The highest BCUT2D eigenvalue weighted by atomic mass is 16.5. The lowest BCUT2D eigenvalue weighted by Gasteiger charge is -2.39. The zero-order chi connectivity index (χ0) is 27.6. The maximum atomic E-state index is 13.5. The molecular formula is C26H47N3O7. The van der Waals surface area contributed by atoms with Gasteiger partial charge in [0, 0.05) is 34.2 Å². The molecule has 0 saturated carbocycles. The standard InChI is InChI=1S/C26H47N3O7/c1-9-17(4)24(28(6)21(30)13-16(2)3)20(35-7)14-22(31)29-12-10-11-19(29)25(36-8)18(5)26(34)27-15-23(32)33/h16-20,24-25H,9-15H2,1-8H3,(H,27,34)(H,32,33)/t17-,18+,19-,20+,24-,25+/m0/s1. The van der Waals surface area contributed by atoms with Crippen LogP contribution in [0.2, 0.25) is 0 Å². The lowest BCUT2D eigenvalue weighted by molar-refractivity contribution is -0.146. The van der Waals surface area contributed by atoms with Crippen LogP contribution in [0.25, 0.3) is 0 Å². The molecule has 0 radical (unpaired) electrons. The van der Waals surface area contributed by atoms with E-state index in [1.54, 1.807) is 30.9 Å². The van der Waals surface area contributed by atoms with Crippen molar-refractivity contribution in [2.75, 3.05) is 34.4 Å². The number of carbonyl (C=O) groups is 4. The van der Waals surface area contributed by atoms with Crippen LogP contribution < -0.4 is 5.32 Å². The lowest BCUT2D eigenvalue weighted by atomic mass is 9.90. The first-order chi connectivity index (χ1) is 16.9. The van der Waals surface area contributed by atoms with Crippen molar-refractivity contribution in [2.24, 2.45) is 17.8 Å². The van der Waals surface area contributed by atoms with Crippen LogP contribution in [0.4, 0.5) is 0 Å². The fraction of sp³-hybridized carbons (Fsp3) is 0.846. The molecule has 1 saturated heterocycles. The third-order valence-corrected chi connectivity index (χ3v) is 7.30. The molecule has 0 unspecified atom stereocenters. The molecule has 0 bridgehead atoms. The molecule has 0 aliphatic carbocycles. The number of carbonyl (C=O) groups excluding carboxylic acids is 3. The van der Waals surface area contributed by atoms with E-state index in [1.165, 1.54) is 7.11 Å². The van der Waals surface area contributed by atoms with Gasteiger partial charge in [-0.2, -0.15) is 0 Å². The van der Waals surface area contributed by atoms with Crippen molar-refractivity contribution in [1.29, 1.82) is 0 Å². The first-order valence-electron chi connectivity index (χ1n) is 13.0. The second-order valence-corrected chi connectivity index (χ2v) is 10.4. The molecule has 1 rings (SSSR count). The van der Waals surface area contributed by atoms with Gasteiger partial charge in [0.1, 0.15) is 6.54 Å². The number of rotatable bonds is 15. The Kier molecular flexibility index (Phi) is 13.4. The molecular weight excluding hydrogens is 466 g/mol. The van der Waals surface area contributed by atoms with Crippen molar-refractivity contribution in [3.63, 3.8) is 0 Å². The molecule has 1 aliphatic rings. The number of methoxy groups -OCH3 is 2. The van der Waals surface area contributed by atoms with E-state index in [0.29, 0.717) is 19.4 Å². The smallest absolute Gasteiger partial charge is 0.322 e. The third kappa shape index (κ3) is 8.73. The Morgan fingerprint density at radius 3 is 2.22 bits per heavy atom. The Morgan fingerprint density at radius 2 is 1.72 bits per heavy atom. The highest BCUT2D eigenvalue weighted by Gasteiger charge is 2.41. The van der Waals surface area contributed by atoms with Gasteiger partial charge in [-0.05, 0) is 24.7 Å². The Labute approximate surface area is 216 Å². The van der Waals surface area contributed by atoms with E-state index in [1.807, 2.05) is 13.8 Å². The van der Waals surface area contributed by atoms with E-state index < -0.39 is 36.5 Å². The largest absolute Gasteiger partial charge is 0.480 e. The molecule has 0 aromatic rings. The second kappa shape index (κ2) is 15.1. The number of aliphatic carboxylic acids is 1. The summed E-state index contributed by atoms with van der Waals surface area (Å²) in [6, 6.07) is -0.567. The molecule has 36 heavy (non-hydrogen) atoms. The van der Waals surface area contributed by atoms with Gasteiger partial charge in [-0.15, -0.1) is 0 Å². The number of likely N-dealkylation sites (N-methyl/N-ethyl adjacent to an activating group) is 1. The van der Waals surface area contributed by atoms with Crippen LogP contribution in [0.1, 0.15) is 66.7 Å². The fourth-order valence-corrected chi connectivity index (χ4v) is 5.14. The minimum Gasteiger partial charge on any atom is -0.480 e. The van der Waals surface area contributed by atoms with Gasteiger partial charge in [0.25, 0.3) is 0 Å². The molecule has 208 valence electrons. The number of ether oxygens (including phenoxy) is 2. The van der Waals surface area contributed by atoms with Crippen molar-refractivity contribution in [1.82, 2.24) is 15.1 Å². The quantitative estimate of drug-likeness (QED) is 0.344. The normalized spacial score (nSPS) is 19.9. The van der Waals surface area contributed by atoms with Gasteiger partial charge < -0.3 is 29.7 Å². The van der Waals surface area contributed by atoms with E-state index in [4.69, 9.17) is 14.6 Å². The number of carboxylic acids is 1. The number of carboxylic acid groups (broad SMARTS) is 1. The molecule has 10 nitrogen and oxygen atoms in total. The average molecular weight is 514 g/mol. The van der Waals surface area contributed by atoms with Crippen LogP contribution in [0.5, 0.6) is 0 Å². The monoisotopic (exact) mass is 513 g/mol. The molecule has 1 aliphatic heterocycles. The number of nitrogens with zero attached hydrogens (tertiary/aromatic N) is 2. The predicted molar refractivity (Wildman–Crippen MR) is 136 cm³/mol. The van der Waals surface area contributed by atoms with Crippen molar-refractivity contribution < 1.29 is 33.8 Å². The van der Waals surface area contributed by atoms with Crippen LogP contribution in [-0.4, -0.2) is 97.2 Å². The number of amides is 3. The summed E-state index contributed by atoms with van der Waals surface area (Å²) in [4.78, 5) is 53.2. The number of nitrogens with one attached hydrogen (secondary N) is 1. The topological polar surface area (TPSA) is 125 Å². The highest BCUT2D eigenvalue weighted by Crippen LogP contribution is 2.29. The van der Waals surface area contributed by atoms with Crippen molar-refractivity contribution >= 4 is 23.7 Å². The summed E-state index contributed by atoms with van der Waals surface area (Å²) in [5.41, 5.74) is 0. The first-order valence-corrected chi connectivity index (χ1v) is 13.0. The summed E-state index contributed by atoms with van der Waals surface area (Å²) in [6.45, 7) is 9.88. The van der Waals surface area contributed by atoms with Gasteiger partial charge >= 0.3 is 5.97 Å². The minimum absolute atomic E-state index is 0.0319. The highest BCUT2D eigenvalue weighted by molar-refractivity contribution is 5.83. The molecule has 0 aromatic heterocycles. The second-order valence-electron chi connectivity index (χ2n) is 10.4. The van der Waals surface area contributed by atoms with Gasteiger partial charge in [-0.1, -0.05) is 41.0 Å². The van der Waals surface area contributed by atoms with E-state index in [2.05, 4.69) is 19.2 Å². The van der Waals surface area contributed by atoms with Gasteiger partial charge in [0.15, 0.2) is 0 Å². The summed E-state index contributed by atoms with van der Waals surface area (Å²) < 4.78 is 11.5. The summed E-state index contributed by atoms with van der Waals surface area (Å²) in [6.07, 6.45) is 1.77. The van der Waals surface area contributed by atoms with Crippen molar-refractivity contribution in [3.8, 4) is 0 Å². The summed E-state index contributed by atoms with van der Waals surface area (Å²) >= 11 is 0. The molecule has 1 fully saturated rings. The maximum Gasteiger partial charge on any atom is 0.322 e. The van der Waals surface area contributed by atoms with E-state index in [0.717, 1.165) is 12.8 Å². The van der Waals surface area contributed by atoms with E-state index in [-0.39, 0.29) is 42.2 Å². The fourth-order valence-electron chi connectivity index (χ4n) is 5.14. The van der Waals surface area contributed by atoms with Gasteiger partial charge in [0.05, 0.1) is 36.6 Å². The molecule has 1 heterocycles. The molecule has 3 amide bonds. The summed E-state index contributed by atoms with van der Waals surface area (Å²) in [5, 5.41) is 11.3. The Bertz CT molecular complexity index is 745. The molecule has 10 heteroatoms. The van der Waals surface area contributed by atoms with Crippen molar-refractivity contribution in [2.45, 2.75) is 91.0 Å². The lowest BCUT2D eigenvalue weighted by Crippen LogP contribution is -2.53. The van der Waals surface area contributed by atoms with Crippen LogP contribution in [0, 0.1) is 17.8 Å². The van der Waals surface area contributed by atoms with Crippen LogP contribution in [0.15, 0.2) is 0 Å². The van der Waals surface area contributed by atoms with Crippen LogP contribution in [0.3, 0.4) is 0 Å². The molecule has 6 atom stereocenters. The number of hydrogen-bond acceptors (Lipinski definition) is 6. The predicted octanol–water partition coefficient (Wildman–Crippen LogP) is 2.15. The van der Waals surface area contributed by atoms with E-state index >= 15 is 0 Å². The summed E-state index contributed by atoms with van der Waals surface area (Å²) in [7, 11) is 4.86. The minimum atomic E-state index is -1.12. The number of hydrogen-bond donors (Lipinski definition) is 2. The van der Waals surface area contributed by atoms with Crippen molar-refractivity contribution in [3.05, 3.63) is 0 Å². The SMILES string of the molecule is CC[C@H](C)[C@@H]([C@@H](CC(=O)N1CCC[C@H]1[C@H](OC)[C@@H](C)C(=O)NCC(=O)O)OC)N(C)C(=O)CC(C)C. The van der Waals surface area contributed by atoms with Gasteiger partial charge in [-0.25, -0.2) is 0 Å². The third-order valence-electron chi connectivity index (χ3n) is 7.30. The zero-order valence-electron chi connectivity index (χ0n) is 23.3. The summed E-state index contributed by atoms with van der Waals surface area (Å²) in [5.74, 6) is -1.92. The van der Waals surface area contributed by atoms with Crippen LogP contribution in [-0.2, 0) is 28.7 Å². The maximum absolute atomic E-state index is 13.5. The Hall–Kier alpha value is -2.20. The van der Waals surface area contributed by atoms with E-state index in [9.17, 15) is 19.2 Å². The molecule has 2 N–H and O–H groups in total. The Balaban J connectivity index is 3.05. The average Bonchev–Trinajstić information content (AvgIpc) is 3.31. The zero-order valence-corrected chi connectivity index (χ0v) is 23.3. The molecule has 0 spiro atoms. The van der Waals surface area contributed by atoms with Gasteiger partial charge in [0.2, 0.25) is 17.7 Å². The number of likely N-dealkylation sites (tertiary alicyclic amines) is 1. The Morgan fingerprint density at radius 1 is 1.08 bits per heavy atom. The van der Waals surface area contributed by atoms with Crippen LogP contribution >= 0.6 is 0 Å². The first kappa shape index (κ1) is 31.8. The van der Waals surface area contributed by atoms with Gasteiger partial charge in [-0.3, -0.25) is 19.2 Å². The molecule has 0 aromatic carbocycles.